The van der Waals surface area contributed by atoms with Crippen molar-refractivity contribution >= 4 is 22.4 Å². The van der Waals surface area contributed by atoms with E-state index in [9.17, 15) is 4.79 Å². The molecule has 0 spiro atoms. The van der Waals surface area contributed by atoms with Crippen LogP contribution in [0, 0.1) is 5.92 Å². The Morgan fingerprint density at radius 3 is 2.87 bits per heavy atom. The number of nitrogens with one attached hydrogen (secondary N) is 1. The molecule has 4 nitrogen and oxygen atoms in total. The van der Waals surface area contributed by atoms with E-state index in [2.05, 4.69) is 29.4 Å². The number of rotatable bonds is 4. The maximum Gasteiger partial charge on any atom is 0.249 e. The Labute approximate surface area is 93.4 Å². The summed E-state index contributed by atoms with van der Waals surface area (Å²) in [7, 11) is 0. The number of carbonyl (C=O) groups excluding carboxylic acids is 1. The van der Waals surface area contributed by atoms with E-state index in [1.54, 1.807) is 13.0 Å². The molecular formula is C10H15N3OS. The Hall–Kier alpha value is -1.23. The van der Waals surface area contributed by atoms with Gasteiger partial charge in [0.05, 0.1) is 0 Å². The zero-order chi connectivity index (χ0) is 11.3. The molecule has 1 aromatic rings. The first-order valence-electron chi connectivity index (χ1n) is 4.88. The fourth-order valence-electron chi connectivity index (χ4n) is 1.03. The van der Waals surface area contributed by atoms with Gasteiger partial charge in [-0.3, -0.25) is 10.1 Å². The monoisotopic (exact) mass is 225 g/mol. The van der Waals surface area contributed by atoms with Crippen molar-refractivity contribution in [3.05, 3.63) is 17.2 Å². The van der Waals surface area contributed by atoms with Crippen LogP contribution in [0.1, 0.15) is 25.8 Å². The van der Waals surface area contributed by atoms with E-state index in [0.717, 1.165) is 11.4 Å². The zero-order valence-electron chi connectivity index (χ0n) is 9.15. The van der Waals surface area contributed by atoms with Gasteiger partial charge in [0.25, 0.3) is 0 Å². The molecule has 0 bridgehead atoms. The molecule has 0 saturated carbocycles. The van der Waals surface area contributed by atoms with Gasteiger partial charge in [-0.05, 0) is 18.9 Å². The second-order valence-electron chi connectivity index (χ2n) is 3.59. The molecular weight excluding hydrogens is 210 g/mol. The summed E-state index contributed by atoms with van der Waals surface area (Å²) >= 11 is 1.43. The Morgan fingerprint density at radius 1 is 1.53 bits per heavy atom. The second-order valence-corrected chi connectivity index (χ2v) is 4.65. The Morgan fingerprint density at radius 2 is 2.27 bits per heavy atom. The molecule has 1 rings (SSSR count). The fourth-order valence-corrected chi connectivity index (χ4v) is 1.99. The number of carbonyl (C=O) groups is 1. The van der Waals surface area contributed by atoms with Crippen molar-refractivity contribution in [2.45, 2.75) is 27.2 Å². The highest BCUT2D eigenvalue weighted by atomic mass is 32.1. The summed E-state index contributed by atoms with van der Waals surface area (Å²) in [5.41, 5.74) is 0. The van der Waals surface area contributed by atoms with Gasteiger partial charge in [-0.2, -0.15) is 0 Å². The molecule has 0 aliphatic carbocycles. The molecule has 82 valence electrons. The van der Waals surface area contributed by atoms with E-state index in [0.29, 0.717) is 11.0 Å². The molecule has 5 heteroatoms. The van der Waals surface area contributed by atoms with Gasteiger partial charge in [0, 0.05) is 6.42 Å². The molecule has 0 fully saturated rings. The molecule has 0 aliphatic heterocycles. The van der Waals surface area contributed by atoms with Gasteiger partial charge in [0.1, 0.15) is 5.01 Å². The summed E-state index contributed by atoms with van der Waals surface area (Å²) < 4.78 is 0. The Bertz CT molecular complexity index is 357. The van der Waals surface area contributed by atoms with E-state index in [1.807, 2.05) is 0 Å². The highest BCUT2D eigenvalue weighted by molar-refractivity contribution is 7.15. The average molecular weight is 225 g/mol. The minimum Gasteiger partial charge on any atom is -0.297 e. The van der Waals surface area contributed by atoms with E-state index < -0.39 is 0 Å². The smallest absolute Gasteiger partial charge is 0.249 e. The zero-order valence-corrected chi connectivity index (χ0v) is 9.97. The van der Waals surface area contributed by atoms with E-state index in [-0.39, 0.29) is 5.91 Å². The summed E-state index contributed by atoms with van der Waals surface area (Å²) in [6, 6.07) is 0. The molecule has 0 radical (unpaired) electrons. The molecule has 0 atom stereocenters. The fraction of sp³-hybridized carbons (Fsp3) is 0.500. The van der Waals surface area contributed by atoms with Crippen LogP contribution in [0.2, 0.25) is 0 Å². The lowest BCUT2D eigenvalue weighted by molar-refractivity contribution is -0.111. The van der Waals surface area contributed by atoms with Crippen LogP contribution in [0.3, 0.4) is 0 Å². The van der Waals surface area contributed by atoms with Crippen molar-refractivity contribution in [1.82, 2.24) is 10.2 Å². The summed E-state index contributed by atoms with van der Waals surface area (Å²) in [6.07, 6.45) is 4.05. The molecule has 0 unspecified atom stereocenters. The van der Waals surface area contributed by atoms with Crippen molar-refractivity contribution in [2.75, 3.05) is 5.32 Å². The second kappa shape index (κ2) is 5.60. The normalized spacial score (nSPS) is 11.2. The van der Waals surface area contributed by atoms with Gasteiger partial charge < -0.3 is 0 Å². The average Bonchev–Trinajstić information content (AvgIpc) is 2.51. The van der Waals surface area contributed by atoms with Crippen LogP contribution in [0.25, 0.3) is 0 Å². The molecule has 0 aliphatic rings. The van der Waals surface area contributed by atoms with E-state index in [1.165, 1.54) is 17.4 Å². The molecule has 15 heavy (non-hydrogen) atoms. The van der Waals surface area contributed by atoms with Crippen LogP contribution >= 0.6 is 11.3 Å². The largest absolute Gasteiger partial charge is 0.297 e. The SMILES string of the molecule is C/C=C/C(=O)Nc1nnc(CC(C)C)s1. The molecule has 1 N–H and O–H groups in total. The first-order chi connectivity index (χ1) is 7.11. The summed E-state index contributed by atoms with van der Waals surface area (Å²) in [5, 5.41) is 12.1. The maximum absolute atomic E-state index is 11.2. The number of anilines is 1. The van der Waals surface area contributed by atoms with Crippen LogP contribution in [0.5, 0.6) is 0 Å². The minimum absolute atomic E-state index is 0.162. The third-order valence-corrected chi connectivity index (χ3v) is 2.46. The number of amides is 1. The first kappa shape index (κ1) is 11.8. The van der Waals surface area contributed by atoms with Crippen LogP contribution in [-0.4, -0.2) is 16.1 Å². The summed E-state index contributed by atoms with van der Waals surface area (Å²) in [4.78, 5) is 11.2. The third-order valence-electron chi connectivity index (χ3n) is 1.60. The standard InChI is InChI=1S/C10H15N3OS/c1-4-5-8(14)11-10-13-12-9(15-10)6-7(2)3/h4-5,7H,6H2,1-3H3,(H,11,13,14)/b5-4+. The van der Waals surface area contributed by atoms with Crippen molar-refractivity contribution in [2.24, 2.45) is 5.92 Å². The van der Waals surface area contributed by atoms with Crippen molar-refractivity contribution in [3.63, 3.8) is 0 Å². The molecule has 1 heterocycles. The van der Waals surface area contributed by atoms with Gasteiger partial charge in [0.15, 0.2) is 0 Å². The summed E-state index contributed by atoms with van der Waals surface area (Å²) in [5.74, 6) is 0.391. The number of hydrogen-bond acceptors (Lipinski definition) is 4. The van der Waals surface area contributed by atoms with Crippen molar-refractivity contribution in [3.8, 4) is 0 Å². The van der Waals surface area contributed by atoms with Crippen LogP contribution in [0.4, 0.5) is 5.13 Å². The summed E-state index contributed by atoms with van der Waals surface area (Å²) in [6.45, 7) is 6.04. The number of nitrogens with zero attached hydrogens (tertiary/aromatic N) is 2. The molecule has 1 aromatic heterocycles. The lowest BCUT2D eigenvalue weighted by atomic mass is 10.1. The Balaban J connectivity index is 2.56. The minimum atomic E-state index is -0.162. The topological polar surface area (TPSA) is 54.9 Å². The molecule has 0 saturated heterocycles. The number of aromatic nitrogens is 2. The van der Waals surface area contributed by atoms with Crippen LogP contribution in [0.15, 0.2) is 12.2 Å². The molecule has 0 aromatic carbocycles. The third kappa shape index (κ3) is 4.20. The van der Waals surface area contributed by atoms with E-state index in [4.69, 9.17) is 0 Å². The Kier molecular flexibility index (Phi) is 4.42. The predicted octanol–water partition coefficient (Wildman–Crippen LogP) is 2.25. The highest BCUT2D eigenvalue weighted by Gasteiger charge is 2.07. The first-order valence-corrected chi connectivity index (χ1v) is 5.69. The highest BCUT2D eigenvalue weighted by Crippen LogP contribution is 2.17. The lowest BCUT2D eigenvalue weighted by Gasteiger charge is -1.97. The van der Waals surface area contributed by atoms with Crippen molar-refractivity contribution < 1.29 is 4.79 Å². The van der Waals surface area contributed by atoms with Gasteiger partial charge in [-0.15, -0.1) is 10.2 Å². The van der Waals surface area contributed by atoms with Crippen molar-refractivity contribution in [1.29, 1.82) is 0 Å². The number of allylic oxidation sites excluding steroid dienone is 1. The van der Waals surface area contributed by atoms with Crippen LogP contribution < -0.4 is 5.32 Å². The molecule has 1 amide bonds. The quantitative estimate of drug-likeness (QED) is 0.800. The van der Waals surface area contributed by atoms with Gasteiger partial charge in [-0.1, -0.05) is 31.3 Å². The van der Waals surface area contributed by atoms with Gasteiger partial charge in [-0.25, -0.2) is 0 Å². The number of hydrogen-bond donors (Lipinski definition) is 1. The lowest BCUT2D eigenvalue weighted by Crippen LogP contribution is -2.07. The van der Waals surface area contributed by atoms with E-state index >= 15 is 0 Å². The predicted molar refractivity (Wildman–Crippen MR) is 61.9 cm³/mol. The maximum atomic E-state index is 11.2. The van der Waals surface area contributed by atoms with Gasteiger partial charge in [0.2, 0.25) is 11.0 Å². The van der Waals surface area contributed by atoms with Gasteiger partial charge >= 0.3 is 0 Å². The van der Waals surface area contributed by atoms with Crippen LogP contribution in [-0.2, 0) is 11.2 Å².